The zero-order valence-electron chi connectivity index (χ0n) is 5.40. The summed E-state index contributed by atoms with van der Waals surface area (Å²) >= 11 is 0. The van der Waals surface area contributed by atoms with E-state index >= 15 is 0 Å². The second-order valence-electron chi connectivity index (χ2n) is 1.57. The summed E-state index contributed by atoms with van der Waals surface area (Å²) in [5, 5.41) is 10.2. The van der Waals surface area contributed by atoms with Gasteiger partial charge in [0.15, 0.2) is 0 Å². The van der Waals surface area contributed by atoms with Crippen LogP contribution in [0.2, 0.25) is 0 Å². The summed E-state index contributed by atoms with van der Waals surface area (Å²) in [7, 11) is 0. The molecule has 0 saturated carbocycles. The first-order valence-corrected chi connectivity index (χ1v) is 2.32. The third kappa shape index (κ3) is 2.25. The van der Waals surface area contributed by atoms with Gasteiger partial charge in [0.2, 0.25) is 0 Å². The van der Waals surface area contributed by atoms with Crippen LogP contribution in [0.25, 0.3) is 0 Å². The van der Waals surface area contributed by atoms with Gasteiger partial charge in [-0.05, 0) is 6.07 Å². The predicted octanol–water partition coefficient (Wildman–Crippen LogP) is -1.96. The number of hydrogen-bond acceptors (Lipinski definition) is 1. The molecule has 0 unspecified atom stereocenters. The maximum atomic E-state index is 12.0. The molecule has 0 atom stereocenters. The zero-order chi connectivity index (χ0) is 6.85. The molecule has 0 aliphatic heterocycles. The Morgan fingerprint density at radius 1 is 1.20 bits per heavy atom. The van der Waals surface area contributed by atoms with Gasteiger partial charge in [-0.1, -0.05) is 11.8 Å². The molecule has 0 radical (unpaired) electrons. The summed E-state index contributed by atoms with van der Waals surface area (Å²) in [4.78, 5) is 0. The Morgan fingerprint density at radius 2 is 1.80 bits per heavy atom. The van der Waals surface area contributed by atoms with Gasteiger partial charge in [0.05, 0.1) is 0 Å². The minimum absolute atomic E-state index is 0. The number of benzene rings is 1. The monoisotopic (exact) mass is 152 g/mol. The standard InChI is InChI=1S/C6H4F2O.Na/c7-4-1-2-6(9)5(8)3-4;/h1-3,9H;/q;+1/p-1. The fourth-order valence-corrected chi connectivity index (χ4v) is 0.475. The molecule has 0 saturated heterocycles. The van der Waals surface area contributed by atoms with Crippen LogP contribution < -0.4 is 34.7 Å². The van der Waals surface area contributed by atoms with Crippen LogP contribution in [0.3, 0.4) is 0 Å². The van der Waals surface area contributed by atoms with E-state index in [1.165, 1.54) is 0 Å². The van der Waals surface area contributed by atoms with E-state index in [4.69, 9.17) is 0 Å². The first-order chi connectivity index (χ1) is 4.20. The smallest absolute Gasteiger partial charge is 0.870 e. The molecule has 0 aliphatic rings. The molecule has 0 aliphatic carbocycles. The molecule has 0 bridgehead atoms. The molecular weight excluding hydrogens is 149 g/mol. The SMILES string of the molecule is [Na+].[O-]c1ccc(F)cc1F. The van der Waals surface area contributed by atoms with Crippen LogP contribution in [-0.2, 0) is 0 Å². The maximum Gasteiger partial charge on any atom is 1.00 e. The van der Waals surface area contributed by atoms with E-state index in [2.05, 4.69) is 0 Å². The van der Waals surface area contributed by atoms with Crippen molar-refractivity contribution in [2.75, 3.05) is 0 Å². The van der Waals surface area contributed by atoms with Gasteiger partial charge in [-0.2, -0.15) is 0 Å². The van der Waals surface area contributed by atoms with Crippen LogP contribution in [-0.4, -0.2) is 0 Å². The molecular formula is C6H3F2NaO. The first-order valence-electron chi connectivity index (χ1n) is 2.32. The van der Waals surface area contributed by atoms with Crippen molar-refractivity contribution in [2.45, 2.75) is 0 Å². The van der Waals surface area contributed by atoms with Crippen molar-refractivity contribution in [1.82, 2.24) is 0 Å². The molecule has 1 aromatic rings. The average molecular weight is 152 g/mol. The molecule has 10 heavy (non-hydrogen) atoms. The Kier molecular flexibility index (Phi) is 3.86. The summed E-state index contributed by atoms with van der Waals surface area (Å²) in [6, 6.07) is 2.33. The van der Waals surface area contributed by atoms with Gasteiger partial charge in [-0.15, -0.1) is 0 Å². The molecule has 1 nitrogen and oxygen atoms in total. The molecule has 48 valence electrons. The van der Waals surface area contributed by atoms with Crippen LogP contribution >= 0.6 is 0 Å². The number of hydrogen-bond donors (Lipinski definition) is 0. The Bertz CT molecular complexity index is 227. The fourth-order valence-electron chi connectivity index (χ4n) is 0.475. The van der Waals surface area contributed by atoms with E-state index in [0.717, 1.165) is 12.1 Å². The van der Waals surface area contributed by atoms with Gasteiger partial charge in [-0.25, -0.2) is 8.78 Å². The van der Waals surface area contributed by atoms with E-state index in [9.17, 15) is 13.9 Å². The molecule has 0 fully saturated rings. The van der Waals surface area contributed by atoms with Gasteiger partial charge < -0.3 is 5.11 Å². The number of rotatable bonds is 0. The summed E-state index contributed by atoms with van der Waals surface area (Å²) in [5.41, 5.74) is 0. The van der Waals surface area contributed by atoms with Crippen LogP contribution in [0.5, 0.6) is 5.75 Å². The van der Waals surface area contributed by atoms with Gasteiger partial charge in [0.1, 0.15) is 11.6 Å². The van der Waals surface area contributed by atoms with Crippen molar-refractivity contribution in [2.24, 2.45) is 0 Å². The van der Waals surface area contributed by atoms with E-state index in [1.807, 2.05) is 0 Å². The second kappa shape index (κ2) is 3.91. The second-order valence-corrected chi connectivity index (χ2v) is 1.57. The van der Waals surface area contributed by atoms with Crippen molar-refractivity contribution in [3.63, 3.8) is 0 Å². The topological polar surface area (TPSA) is 23.1 Å². The number of halogens is 2. The molecule has 0 spiro atoms. The molecule has 1 rings (SSSR count). The first kappa shape index (κ1) is 9.88. The Labute approximate surface area is 79.0 Å². The largest absolute Gasteiger partial charge is 1.00 e. The van der Waals surface area contributed by atoms with E-state index in [0.29, 0.717) is 6.07 Å². The molecule has 0 amide bonds. The van der Waals surface area contributed by atoms with Gasteiger partial charge in [0.25, 0.3) is 0 Å². The summed E-state index contributed by atoms with van der Waals surface area (Å²) in [6.07, 6.45) is 0. The van der Waals surface area contributed by atoms with Crippen LogP contribution in [0.4, 0.5) is 8.78 Å². The van der Waals surface area contributed by atoms with Gasteiger partial charge >= 0.3 is 29.6 Å². The molecule has 1 aromatic carbocycles. The third-order valence-electron chi connectivity index (χ3n) is 0.894. The van der Waals surface area contributed by atoms with Crippen molar-refractivity contribution in [3.8, 4) is 5.75 Å². The van der Waals surface area contributed by atoms with Crippen LogP contribution in [0.15, 0.2) is 18.2 Å². The Balaban J connectivity index is 0.000000810. The fraction of sp³-hybridized carbons (Fsp3) is 0. The maximum absolute atomic E-state index is 12.0. The minimum Gasteiger partial charge on any atom is -0.870 e. The van der Waals surface area contributed by atoms with E-state index in [1.54, 1.807) is 0 Å². The zero-order valence-corrected chi connectivity index (χ0v) is 7.40. The summed E-state index contributed by atoms with van der Waals surface area (Å²) in [6.45, 7) is 0. The Hall–Kier alpha value is -0.120. The van der Waals surface area contributed by atoms with Crippen LogP contribution in [0, 0.1) is 11.6 Å². The average Bonchev–Trinajstić information content (AvgIpc) is 1.80. The van der Waals surface area contributed by atoms with Gasteiger partial charge in [-0.3, -0.25) is 0 Å². The normalized spacial score (nSPS) is 8.60. The molecule has 0 aromatic heterocycles. The summed E-state index contributed by atoms with van der Waals surface area (Å²) in [5.74, 6) is -2.56. The van der Waals surface area contributed by atoms with Crippen molar-refractivity contribution < 1.29 is 43.4 Å². The van der Waals surface area contributed by atoms with Gasteiger partial charge in [0, 0.05) is 6.07 Å². The predicted molar refractivity (Wildman–Crippen MR) is 25.8 cm³/mol. The van der Waals surface area contributed by atoms with Crippen molar-refractivity contribution >= 4 is 0 Å². The molecule has 0 N–H and O–H groups in total. The molecule has 0 heterocycles. The third-order valence-corrected chi connectivity index (χ3v) is 0.894. The molecule has 4 heteroatoms. The summed E-state index contributed by atoms with van der Waals surface area (Å²) < 4.78 is 24.0. The van der Waals surface area contributed by atoms with E-state index in [-0.39, 0.29) is 29.6 Å². The quantitative estimate of drug-likeness (QED) is 0.396. The Morgan fingerprint density at radius 3 is 2.20 bits per heavy atom. The minimum atomic E-state index is -1.05. The van der Waals surface area contributed by atoms with E-state index < -0.39 is 17.4 Å². The van der Waals surface area contributed by atoms with Crippen LogP contribution in [0.1, 0.15) is 0 Å². The van der Waals surface area contributed by atoms with Crippen molar-refractivity contribution in [1.29, 1.82) is 0 Å². The van der Waals surface area contributed by atoms with Crippen molar-refractivity contribution in [3.05, 3.63) is 29.8 Å².